The van der Waals surface area contributed by atoms with Gasteiger partial charge in [-0.3, -0.25) is 9.69 Å². The summed E-state index contributed by atoms with van der Waals surface area (Å²) >= 11 is 0. The summed E-state index contributed by atoms with van der Waals surface area (Å²) in [6.07, 6.45) is -0.0350. The number of carboxylic acid groups (broad SMARTS) is 1. The number of benzene rings is 2. The maximum atomic E-state index is 12.1. The Morgan fingerprint density at radius 2 is 1.61 bits per heavy atom. The predicted octanol–water partition coefficient (Wildman–Crippen LogP) is 3.67. The van der Waals surface area contributed by atoms with Gasteiger partial charge in [-0.2, -0.15) is 0 Å². The Morgan fingerprint density at radius 1 is 1.04 bits per heavy atom. The van der Waals surface area contributed by atoms with E-state index in [2.05, 4.69) is 5.32 Å². The van der Waals surface area contributed by atoms with Gasteiger partial charge in [0.2, 0.25) is 0 Å². The maximum Gasteiger partial charge on any atom is 0.407 e. The van der Waals surface area contributed by atoms with Crippen LogP contribution >= 0.6 is 0 Å². The molecule has 6 heteroatoms. The lowest BCUT2D eigenvalue weighted by Crippen LogP contribution is -2.48. The third-order valence-electron chi connectivity index (χ3n) is 4.43. The van der Waals surface area contributed by atoms with E-state index >= 15 is 0 Å². The number of nitrogens with one attached hydrogen (secondary N) is 1. The van der Waals surface area contributed by atoms with Crippen molar-refractivity contribution in [3.05, 3.63) is 71.8 Å². The number of carboxylic acids is 1. The molecule has 0 heterocycles. The second-order valence-corrected chi connectivity index (χ2v) is 6.78. The van der Waals surface area contributed by atoms with Crippen molar-refractivity contribution in [1.29, 1.82) is 0 Å². The molecule has 2 atom stereocenters. The van der Waals surface area contributed by atoms with Crippen LogP contribution in [0.3, 0.4) is 0 Å². The molecule has 6 nitrogen and oxygen atoms in total. The standard InChI is InChI=1S/C22H28N2O4/c1-3-20(21(25)26)24(15-18-10-6-4-7-11-18)14-17(2)23-22(27)28-16-19-12-8-5-9-13-19/h4-13,17,20H,3,14-16H2,1-2H3,(H,23,27)(H,25,26). The van der Waals surface area contributed by atoms with E-state index in [1.807, 2.05) is 79.4 Å². The summed E-state index contributed by atoms with van der Waals surface area (Å²) in [6, 6.07) is 18.3. The number of carbonyl (C=O) groups is 2. The summed E-state index contributed by atoms with van der Waals surface area (Å²) in [7, 11) is 0. The summed E-state index contributed by atoms with van der Waals surface area (Å²) in [5, 5.41) is 12.4. The number of ether oxygens (including phenoxy) is 1. The first kappa shape index (κ1) is 21.4. The van der Waals surface area contributed by atoms with Gasteiger partial charge in [-0.15, -0.1) is 0 Å². The molecule has 0 aliphatic carbocycles. The number of aliphatic carboxylic acids is 1. The van der Waals surface area contributed by atoms with E-state index in [0.29, 0.717) is 19.5 Å². The molecule has 0 bridgehead atoms. The van der Waals surface area contributed by atoms with Gasteiger partial charge >= 0.3 is 12.1 Å². The van der Waals surface area contributed by atoms with Crippen LogP contribution < -0.4 is 5.32 Å². The van der Waals surface area contributed by atoms with Crippen LogP contribution in [0.5, 0.6) is 0 Å². The quantitative estimate of drug-likeness (QED) is 0.653. The highest BCUT2D eigenvalue weighted by atomic mass is 16.5. The molecule has 0 saturated heterocycles. The molecular weight excluding hydrogens is 356 g/mol. The Morgan fingerprint density at radius 3 is 2.14 bits per heavy atom. The first-order chi connectivity index (χ1) is 13.5. The average molecular weight is 384 g/mol. The molecule has 0 fully saturated rings. The predicted molar refractivity (Wildman–Crippen MR) is 108 cm³/mol. The second-order valence-electron chi connectivity index (χ2n) is 6.78. The zero-order chi connectivity index (χ0) is 20.4. The lowest BCUT2D eigenvalue weighted by atomic mass is 10.1. The summed E-state index contributed by atoms with van der Waals surface area (Å²) in [4.78, 5) is 25.6. The monoisotopic (exact) mass is 384 g/mol. The highest BCUT2D eigenvalue weighted by molar-refractivity contribution is 5.73. The zero-order valence-electron chi connectivity index (χ0n) is 16.4. The van der Waals surface area contributed by atoms with Gasteiger partial charge in [0, 0.05) is 19.1 Å². The zero-order valence-corrected chi connectivity index (χ0v) is 16.4. The molecule has 28 heavy (non-hydrogen) atoms. The fourth-order valence-corrected chi connectivity index (χ4v) is 3.07. The number of rotatable bonds is 10. The number of carbonyl (C=O) groups excluding carboxylic acids is 1. The molecule has 0 radical (unpaired) electrons. The molecule has 150 valence electrons. The van der Waals surface area contributed by atoms with Gasteiger partial charge in [0.1, 0.15) is 12.6 Å². The van der Waals surface area contributed by atoms with Crippen molar-refractivity contribution in [2.75, 3.05) is 6.54 Å². The molecule has 0 aromatic heterocycles. The number of hydrogen-bond acceptors (Lipinski definition) is 4. The number of amides is 1. The van der Waals surface area contributed by atoms with E-state index in [-0.39, 0.29) is 12.6 Å². The minimum absolute atomic E-state index is 0.194. The van der Waals surface area contributed by atoms with Gasteiger partial charge in [-0.05, 0) is 24.5 Å². The largest absolute Gasteiger partial charge is 0.480 e. The van der Waals surface area contributed by atoms with Crippen LogP contribution in [0.15, 0.2) is 60.7 Å². The van der Waals surface area contributed by atoms with E-state index in [1.165, 1.54) is 0 Å². The molecule has 2 aromatic carbocycles. The van der Waals surface area contributed by atoms with Crippen LogP contribution in [0.1, 0.15) is 31.4 Å². The minimum atomic E-state index is -0.864. The van der Waals surface area contributed by atoms with Crippen molar-refractivity contribution in [1.82, 2.24) is 10.2 Å². The van der Waals surface area contributed by atoms with Crippen molar-refractivity contribution >= 4 is 12.1 Å². The summed E-state index contributed by atoms with van der Waals surface area (Å²) in [5.74, 6) is -0.864. The molecule has 0 saturated carbocycles. The first-order valence-corrected chi connectivity index (χ1v) is 9.47. The lowest BCUT2D eigenvalue weighted by Gasteiger charge is -2.30. The topological polar surface area (TPSA) is 78.9 Å². The van der Waals surface area contributed by atoms with Crippen molar-refractivity contribution in [2.24, 2.45) is 0 Å². The third kappa shape index (κ3) is 7.04. The number of nitrogens with zero attached hydrogens (tertiary/aromatic N) is 1. The molecule has 0 spiro atoms. The highest BCUT2D eigenvalue weighted by Crippen LogP contribution is 2.12. The fraction of sp³-hybridized carbons (Fsp3) is 0.364. The fourth-order valence-electron chi connectivity index (χ4n) is 3.07. The Labute approximate surface area is 166 Å². The van der Waals surface area contributed by atoms with Crippen LogP contribution in [-0.4, -0.2) is 40.7 Å². The smallest absolute Gasteiger partial charge is 0.407 e. The Kier molecular flexibility index (Phi) is 8.49. The maximum absolute atomic E-state index is 12.1. The van der Waals surface area contributed by atoms with Crippen LogP contribution in [0.2, 0.25) is 0 Å². The Bertz CT molecular complexity index is 737. The third-order valence-corrected chi connectivity index (χ3v) is 4.43. The lowest BCUT2D eigenvalue weighted by molar-refractivity contribution is -0.143. The van der Waals surface area contributed by atoms with E-state index in [9.17, 15) is 14.7 Å². The summed E-state index contributed by atoms with van der Waals surface area (Å²) in [5.41, 5.74) is 1.94. The summed E-state index contributed by atoms with van der Waals surface area (Å²) < 4.78 is 5.25. The number of hydrogen-bond donors (Lipinski definition) is 2. The Hall–Kier alpha value is -2.86. The number of alkyl carbamates (subject to hydrolysis) is 1. The normalized spacial score (nSPS) is 13.0. The minimum Gasteiger partial charge on any atom is -0.480 e. The Balaban J connectivity index is 1.93. The van der Waals surface area contributed by atoms with Crippen molar-refractivity contribution in [3.8, 4) is 0 Å². The molecule has 1 amide bonds. The molecule has 2 unspecified atom stereocenters. The van der Waals surface area contributed by atoms with Gasteiger partial charge in [-0.25, -0.2) is 4.79 Å². The first-order valence-electron chi connectivity index (χ1n) is 9.47. The van der Waals surface area contributed by atoms with Gasteiger partial charge in [0.05, 0.1) is 0 Å². The van der Waals surface area contributed by atoms with Crippen LogP contribution in [0.4, 0.5) is 4.79 Å². The molecule has 2 rings (SSSR count). The van der Waals surface area contributed by atoms with Gasteiger partial charge in [-0.1, -0.05) is 67.6 Å². The van der Waals surface area contributed by atoms with Gasteiger partial charge in [0.25, 0.3) is 0 Å². The SMILES string of the molecule is CCC(C(=O)O)N(Cc1ccccc1)CC(C)NC(=O)OCc1ccccc1. The van der Waals surface area contributed by atoms with Crippen LogP contribution in [0.25, 0.3) is 0 Å². The van der Waals surface area contributed by atoms with E-state index in [0.717, 1.165) is 11.1 Å². The second kappa shape index (κ2) is 11.1. The van der Waals surface area contributed by atoms with Gasteiger partial charge < -0.3 is 15.2 Å². The van der Waals surface area contributed by atoms with Gasteiger partial charge in [0.15, 0.2) is 0 Å². The van der Waals surface area contributed by atoms with E-state index < -0.39 is 18.1 Å². The molecule has 0 aliphatic heterocycles. The summed E-state index contributed by atoms with van der Waals surface area (Å²) in [6.45, 7) is 4.79. The van der Waals surface area contributed by atoms with Crippen molar-refractivity contribution < 1.29 is 19.4 Å². The van der Waals surface area contributed by atoms with Crippen molar-refractivity contribution in [3.63, 3.8) is 0 Å². The molecule has 2 aromatic rings. The van der Waals surface area contributed by atoms with Crippen molar-refractivity contribution in [2.45, 2.75) is 45.5 Å². The highest BCUT2D eigenvalue weighted by Gasteiger charge is 2.26. The van der Waals surface area contributed by atoms with E-state index in [1.54, 1.807) is 0 Å². The van der Waals surface area contributed by atoms with Crippen LogP contribution in [0, 0.1) is 0 Å². The van der Waals surface area contributed by atoms with E-state index in [4.69, 9.17) is 4.74 Å². The molecule has 2 N–H and O–H groups in total. The molecule has 0 aliphatic rings. The van der Waals surface area contributed by atoms with Crippen LogP contribution in [-0.2, 0) is 22.7 Å². The average Bonchev–Trinajstić information content (AvgIpc) is 2.68. The molecular formula is C22H28N2O4.